The number of aliphatic hydroxyl groups excluding tert-OH is 1. The van der Waals surface area contributed by atoms with E-state index < -0.39 is 5.41 Å². The van der Waals surface area contributed by atoms with Crippen LogP contribution in [0.3, 0.4) is 0 Å². The van der Waals surface area contributed by atoms with Crippen LogP contribution in [0.15, 0.2) is 0 Å². The van der Waals surface area contributed by atoms with Crippen LogP contribution < -0.4 is 10.6 Å². The van der Waals surface area contributed by atoms with E-state index >= 15 is 0 Å². The number of nitrogens with one attached hydrogen (secondary N) is 2. The van der Waals surface area contributed by atoms with E-state index in [0.717, 1.165) is 0 Å². The number of rotatable bonds is 7. The first-order valence-electron chi connectivity index (χ1n) is 6.87. The van der Waals surface area contributed by atoms with E-state index in [1.54, 1.807) is 0 Å². The molecule has 0 heterocycles. The van der Waals surface area contributed by atoms with Crippen molar-refractivity contribution in [1.82, 2.24) is 10.6 Å². The van der Waals surface area contributed by atoms with Crippen molar-refractivity contribution in [1.29, 1.82) is 0 Å². The van der Waals surface area contributed by atoms with Crippen LogP contribution in [0.4, 0.5) is 0 Å². The molecule has 0 aliphatic heterocycles. The second-order valence-corrected chi connectivity index (χ2v) is 6.19. The number of carbonyl (C=O) groups excluding carboxylic acids is 2. The average molecular weight is 272 g/mol. The van der Waals surface area contributed by atoms with Crippen molar-refractivity contribution in [2.45, 2.75) is 53.5 Å². The number of amides is 2. The molecule has 0 aromatic rings. The van der Waals surface area contributed by atoms with E-state index in [1.807, 2.05) is 34.6 Å². The second kappa shape index (κ2) is 8.15. The van der Waals surface area contributed by atoms with E-state index in [4.69, 9.17) is 5.11 Å². The van der Waals surface area contributed by atoms with Gasteiger partial charge in [-0.3, -0.25) is 9.59 Å². The third-order valence-electron chi connectivity index (χ3n) is 2.91. The lowest BCUT2D eigenvalue weighted by Gasteiger charge is -2.22. The maximum Gasteiger partial charge on any atom is 0.225 e. The molecule has 5 heteroatoms. The molecule has 0 aromatic heterocycles. The summed E-state index contributed by atoms with van der Waals surface area (Å²) in [4.78, 5) is 23.3. The van der Waals surface area contributed by atoms with Crippen LogP contribution in [0.25, 0.3) is 0 Å². The van der Waals surface area contributed by atoms with Gasteiger partial charge in [0.15, 0.2) is 0 Å². The zero-order chi connectivity index (χ0) is 15.1. The normalized spacial score (nSPS) is 13.2. The molecule has 0 spiro atoms. The molecule has 19 heavy (non-hydrogen) atoms. The molecule has 0 radical (unpaired) electrons. The fourth-order valence-corrected chi connectivity index (χ4v) is 1.54. The number of hydrogen-bond acceptors (Lipinski definition) is 3. The first kappa shape index (κ1) is 17.9. The summed E-state index contributed by atoms with van der Waals surface area (Å²) in [6.07, 6.45) is 0.814. The van der Waals surface area contributed by atoms with Gasteiger partial charge >= 0.3 is 0 Å². The molecule has 0 aromatic carbocycles. The SMILES string of the molecule is CC(C)C(CCO)NC(=O)CCNC(=O)C(C)(C)C. The summed E-state index contributed by atoms with van der Waals surface area (Å²) in [6.45, 7) is 9.90. The number of aliphatic hydroxyl groups is 1. The zero-order valence-electron chi connectivity index (χ0n) is 12.7. The first-order chi connectivity index (χ1) is 8.68. The minimum absolute atomic E-state index is 0.0178. The van der Waals surface area contributed by atoms with Crippen molar-refractivity contribution in [3.8, 4) is 0 Å². The molecule has 0 aliphatic carbocycles. The summed E-state index contributed by atoms with van der Waals surface area (Å²) in [5, 5.41) is 14.5. The Bertz CT molecular complexity index is 296. The maximum atomic E-state index is 11.7. The van der Waals surface area contributed by atoms with Gasteiger partial charge in [-0.1, -0.05) is 34.6 Å². The summed E-state index contributed by atoms with van der Waals surface area (Å²) in [7, 11) is 0. The Hall–Kier alpha value is -1.10. The van der Waals surface area contributed by atoms with Gasteiger partial charge in [-0.25, -0.2) is 0 Å². The highest BCUT2D eigenvalue weighted by atomic mass is 16.3. The van der Waals surface area contributed by atoms with Crippen LogP contribution >= 0.6 is 0 Å². The quantitative estimate of drug-likeness (QED) is 0.648. The first-order valence-corrected chi connectivity index (χ1v) is 6.87. The van der Waals surface area contributed by atoms with Crippen LogP contribution in [-0.2, 0) is 9.59 Å². The van der Waals surface area contributed by atoms with Crippen LogP contribution in [-0.4, -0.2) is 36.1 Å². The second-order valence-electron chi connectivity index (χ2n) is 6.19. The largest absolute Gasteiger partial charge is 0.396 e. The minimum Gasteiger partial charge on any atom is -0.396 e. The van der Waals surface area contributed by atoms with Gasteiger partial charge in [0.1, 0.15) is 0 Å². The minimum atomic E-state index is -0.437. The third-order valence-corrected chi connectivity index (χ3v) is 2.91. The summed E-state index contributed by atoms with van der Waals surface area (Å²) in [6, 6.07) is -0.0178. The van der Waals surface area contributed by atoms with Gasteiger partial charge in [0, 0.05) is 31.0 Å². The molecule has 1 unspecified atom stereocenters. The molecule has 0 aliphatic rings. The van der Waals surface area contributed by atoms with Crippen molar-refractivity contribution in [3.05, 3.63) is 0 Å². The highest BCUT2D eigenvalue weighted by Crippen LogP contribution is 2.12. The lowest BCUT2D eigenvalue weighted by Crippen LogP contribution is -2.41. The van der Waals surface area contributed by atoms with Gasteiger partial charge in [-0.05, 0) is 12.3 Å². The monoisotopic (exact) mass is 272 g/mol. The topological polar surface area (TPSA) is 78.4 Å². The fourth-order valence-electron chi connectivity index (χ4n) is 1.54. The molecule has 0 rings (SSSR count). The van der Waals surface area contributed by atoms with Gasteiger partial charge in [0.05, 0.1) is 0 Å². The molecule has 0 fully saturated rings. The summed E-state index contributed by atoms with van der Waals surface area (Å²) in [5.41, 5.74) is -0.437. The van der Waals surface area contributed by atoms with Crippen molar-refractivity contribution in [2.75, 3.05) is 13.2 Å². The molecule has 0 saturated carbocycles. The Balaban J connectivity index is 4.02. The Labute approximate surface area is 116 Å². The Kier molecular flexibility index (Phi) is 7.68. The van der Waals surface area contributed by atoms with E-state index in [9.17, 15) is 9.59 Å². The van der Waals surface area contributed by atoms with Crippen LogP contribution in [0, 0.1) is 11.3 Å². The fraction of sp³-hybridized carbons (Fsp3) is 0.857. The van der Waals surface area contributed by atoms with Crippen molar-refractivity contribution >= 4 is 11.8 Å². The maximum absolute atomic E-state index is 11.7. The summed E-state index contributed by atoms with van der Waals surface area (Å²) < 4.78 is 0. The molecule has 0 bridgehead atoms. The van der Waals surface area contributed by atoms with Crippen molar-refractivity contribution < 1.29 is 14.7 Å². The Morgan fingerprint density at radius 3 is 2.21 bits per heavy atom. The predicted molar refractivity (Wildman–Crippen MR) is 75.6 cm³/mol. The molecule has 112 valence electrons. The summed E-state index contributed by atoms with van der Waals surface area (Å²) in [5.74, 6) is 0.123. The van der Waals surface area contributed by atoms with Gasteiger partial charge in [-0.15, -0.1) is 0 Å². The lowest BCUT2D eigenvalue weighted by atomic mass is 9.96. The van der Waals surface area contributed by atoms with E-state index in [1.165, 1.54) is 0 Å². The van der Waals surface area contributed by atoms with Crippen LogP contribution in [0.2, 0.25) is 0 Å². The zero-order valence-corrected chi connectivity index (χ0v) is 12.7. The van der Waals surface area contributed by atoms with Gasteiger partial charge in [-0.2, -0.15) is 0 Å². The molecule has 2 amide bonds. The van der Waals surface area contributed by atoms with Gasteiger partial charge in [0.2, 0.25) is 11.8 Å². The smallest absolute Gasteiger partial charge is 0.225 e. The molecule has 1 atom stereocenters. The van der Waals surface area contributed by atoms with Crippen LogP contribution in [0.5, 0.6) is 0 Å². The molecule has 3 N–H and O–H groups in total. The van der Waals surface area contributed by atoms with Crippen molar-refractivity contribution in [2.24, 2.45) is 11.3 Å². The molecule has 5 nitrogen and oxygen atoms in total. The highest BCUT2D eigenvalue weighted by molar-refractivity contribution is 5.82. The van der Waals surface area contributed by atoms with Gasteiger partial charge in [0.25, 0.3) is 0 Å². The summed E-state index contributed by atoms with van der Waals surface area (Å²) >= 11 is 0. The van der Waals surface area contributed by atoms with Crippen molar-refractivity contribution in [3.63, 3.8) is 0 Å². The standard InChI is InChI=1S/C14H28N2O3/c1-10(2)11(7-9-17)16-12(18)6-8-15-13(19)14(3,4)5/h10-11,17H,6-9H2,1-5H3,(H,15,19)(H,16,18). The lowest BCUT2D eigenvalue weighted by molar-refractivity contribution is -0.128. The third kappa shape index (κ3) is 7.82. The molecule has 0 saturated heterocycles. The van der Waals surface area contributed by atoms with E-state index in [2.05, 4.69) is 10.6 Å². The van der Waals surface area contributed by atoms with E-state index in [-0.39, 0.29) is 36.8 Å². The Morgan fingerprint density at radius 1 is 1.21 bits per heavy atom. The van der Waals surface area contributed by atoms with Crippen LogP contribution in [0.1, 0.15) is 47.5 Å². The van der Waals surface area contributed by atoms with Gasteiger partial charge < -0.3 is 15.7 Å². The van der Waals surface area contributed by atoms with E-state index in [0.29, 0.717) is 13.0 Å². The number of hydrogen-bond donors (Lipinski definition) is 3. The highest BCUT2D eigenvalue weighted by Gasteiger charge is 2.21. The number of carbonyl (C=O) groups is 2. The predicted octanol–water partition coefficient (Wildman–Crippen LogP) is 1.06. The Morgan fingerprint density at radius 2 is 1.79 bits per heavy atom. The molecular formula is C14H28N2O3. The average Bonchev–Trinajstić information content (AvgIpc) is 2.26. The molecular weight excluding hydrogens is 244 g/mol.